The van der Waals surface area contributed by atoms with Gasteiger partial charge in [-0.1, -0.05) is 53.6 Å². The minimum Gasteiger partial charge on any atom is -0.313 e. The van der Waals surface area contributed by atoms with E-state index in [1.165, 1.54) is 29.5 Å². The van der Waals surface area contributed by atoms with Crippen molar-refractivity contribution in [2.24, 2.45) is 0 Å². The van der Waals surface area contributed by atoms with Gasteiger partial charge in [0.15, 0.2) is 0 Å². The van der Waals surface area contributed by atoms with Gasteiger partial charge in [-0.2, -0.15) is 0 Å². The SMILES string of the molecule is Cc1cccc(C(CNC2CC2)Cc2ccc(Cl)cc2)c1. The van der Waals surface area contributed by atoms with E-state index in [9.17, 15) is 0 Å². The van der Waals surface area contributed by atoms with Crippen LogP contribution in [0.25, 0.3) is 0 Å². The summed E-state index contributed by atoms with van der Waals surface area (Å²) >= 11 is 5.98. The summed E-state index contributed by atoms with van der Waals surface area (Å²) in [5, 5.41) is 4.49. The molecule has 2 aromatic rings. The molecule has 1 aliphatic rings. The van der Waals surface area contributed by atoms with Crippen molar-refractivity contribution in [2.45, 2.75) is 38.1 Å². The molecule has 2 heteroatoms. The van der Waals surface area contributed by atoms with Gasteiger partial charge in [-0.3, -0.25) is 0 Å². The predicted molar refractivity (Wildman–Crippen MR) is 90.1 cm³/mol. The highest BCUT2D eigenvalue weighted by Crippen LogP contribution is 2.25. The third-order valence-corrected chi connectivity index (χ3v) is 4.39. The smallest absolute Gasteiger partial charge is 0.0406 e. The predicted octanol–water partition coefficient (Wildman–Crippen LogP) is 4.73. The molecule has 1 nitrogen and oxygen atoms in total. The summed E-state index contributed by atoms with van der Waals surface area (Å²) in [5.41, 5.74) is 4.11. The molecule has 0 amide bonds. The highest BCUT2D eigenvalue weighted by molar-refractivity contribution is 6.30. The molecule has 1 unspecified atom stereocenters. The van der Waals surface area contributed by atoms with Crippen molar-refractivity contribution < 1.29 is 0 Å². The van der Waals surface area contributed by atoms with Gasteiger partial charge in [0.25, 0.3) is 0 Å². The molecule has 0 spiro atoms. The quantitative estimate of drug-likeness (QED) is 0.813. The molecule has 1 atom stereocenters. The van der Waals surface area contributed by atoms with E-state index in [2.05, 4.69) is 48.6 Å². The summed E-state index contributed by atoms with van der Waals surface area (Å²) in [4.78, 5) is 0. The molecule has 0 heterocycles. The van der Waals surface area contributed by atoms with Crippen molar-refractivity contribution in [2.75, 3.05) is 6.54 Å². The Morgan fingerprint density at radius 1 is 1.14 bits per heavy atom. The second-order valence-corrected chi connectivity index (χ2v) is 6.56. The van der Waals surface area contributed by atoms with Crippen LogP contribution < -0.4 is 5.32 Å². The van der Waals surface area contributed by atoms with Gasteiger partial charge in [0.1, 0.15) is 0 Å². The van der Waals surface area contributed by atoms with Crippen LogP contribution in [0.15, 0.2) is 48.5 Å². The van der Waals surface area contributed by atoms with E-state index in [0.717, 1.165) is 24.0 Å². The summed E-state index contributed by atoms with van der Waals surface area (Å²) in [6.07, 6.45) is 3.73. The molecule has 0 aliphatic heterocycles. The first-order chi connectivity index (χ1) is 10.2. The lowest BCUT2D eigenvalue weighted by molar-refractivity contribution is 0.577. The number of rotatable bonds is 6. The first-order valence-electron chi connectivity index (χ1n) is 7.75. The molecule has 0 bridgehead atoms. The van der Waals surface area contributed by atoms with Crippen LogP contribution in [0, 0.1) is 6.92 Å². The Labute approximate surface area is 132 Å². The lowest BCUT2D eigenvalue weighted by Crippen LogP contribution is -2.24. The lowest BCUT2D eigenvalue weighted by atomic mass is 9.91. The Balaban J connectivity index is 1.75. The van der Waals surface area contributed by atoms with E-state index in [1.54, 1.807) is 0 Å². The maximum Gasteiger partial charge on any atom is 0.0406 e. The minimum absolute atomic E-state index is 0.520. The van der Waals surface area contributed by atoms with E-state index < -0.39 is 0 Å². The van der Waals surface area contributed by atoms with Gasteiger partial charge in [-0.05, 0) is 49.4 Å². The maximum atomic E-state index is 5.98. The maximum absolute atomic E-state index is 5.98. The van der Waals surface area contributed by atoms with Gasteiger partial charge in [0, 0.05) is 23.5 Å². The van der Waals surface area contributed by atoms with E-state index in [1.807, 2.05) is 12.1 Å². The van der Waals surface area contributed by atoms with Crippen molar-refractivity contribution >= 4 is 11.6 Å². The number of nitrogens with one attached hydrogen (secondary N) is 1. The molecule has 0 saturated heterocycles. The number of aryl methyl sites for hydroxylation is 1. The highest BCUT2D eigenvalue weighted by atomic mass is 35.5. The van der Waals surface area contributed by atoms with Gasteiger partial charge in [-0.25, -0.2) is 0 Å². The third kappa shape index (κ3) is 4.33. The topological polar surface area (TPSA) is 12.0 Å². The van der Waals surface area contributed by atoms with Crippen molar-refractivity contribution in [1.82, 2.24) is 5.32 Å². The summed E-state index contributed by atoms with van der Waals surface area (Å²) in [6.45, 7) is 3.22. The molecule has 2 aromatic carbocycles. The zero-order chi connectivity index (χ0) is 14.7. The van der Waals surface area contributed by atoms with Crippen LogP contribution in [0.1, 0.15) is 35.4 Å². The molecule has 1 N–H and O–H groups in total. The molecule has 1 saturated carbocycles. The monoisotopic (exact) mass is 299 g/mol. The highest BCUT2D eigenvalue weighted by Gasteiger charge is 2.22. The van der Waals surface area contributed by atoms with Crippen molar-refractivity contribution in [1.29, 1.82) is 0 Å². The molecule has 1 aliphatic carbocycles. The second kappa shape index (κ2) is 6.64. The molecule has 0 aromatic heterocycles. The fraction of sp³-hybridized carbons (Fsp3) is 0.368. The fourth-order valence-electron chi connectivity index (χ4n) is 2.73. The molecule has 21 heavy (non-hydrogen) atoms. The largest absolute Gasteiger partial charge is 0.313 e. The van der Waals surface area contributed by atoms with Gasteiger partial charge < -0.3 is 5.32 Å². The normalized spacial score (nSPS) is 15.9. The van der Waals surface area contributed by atoms with Crippen LogP contribution in [-0.2, 0) is 6.42 Å². The summed E-state index contributed by atoms with van der Waals surface area (Å²) < 4.78 is 0. The average Bonchev–Trinajstić information content (AvgIpc) is 3.30. The molecule has 3 rings (SSSR count). The van der Waals surface area contributed by atoms with Gasteiger partial charge >= 0.3 is 0 Å². The number of hydrogen-bond acceptors (Lipinski definition) is 1. The van der Waals surface area contributed by atoms with Gasteiger partial charge in [0.05, 0.1) is 0 Å². The second-order valence-electron chi connectivity index (χ2n) is 6.12. The summed E-state index contributed by atoms with van der Waals surface area (Å²) in [7, 11) is 0. The van der Waals surface area contributed by atoms with Gasteiger partial charge in [-0.15, -0.1) is 0 Å². The first kappa shape index (κ1) is 14.6. The van der Waals surface area contributed by atoms with Crippen molar-refractivity contribution in [3.8, 4) is 0 Å². The third-order valence-electron chi connectivity index (χ3n) is 4.14. The van der Waals surface area contributed by atoms with Crippen molar-refractivity contribution in [3.63, 3.8) is 0 Å². The lowest BCUT2D eigenvalue weighted by Gasteiger charge is -2.19. The van der Waals surface area contributed by atoms with Crippen LogP contribution in [0.4, 0.5) is 0 Å². The zero-order valence-electron chi connectivity index (χ0n) is 12.5. The Bertz CT molecular complexity index is 587. The molecular weight excluding hydrogens is 278 g/mol. The Kier molecular flexibility index (Phi) is 4.62. The standard InChI is InChI=1S/C19H22ClN/c1-14-3-2-4-16(11-14)17(13-21-19-9-10-19)12-15-5-7-18(20)8-6-15/h2-8,11,17,19,21H,9-10,12-13H2,1H3. The molecular formula is C19H22ClN. The Morgan fingerprint density at radius 2 is 1.90 bits per heavy atom. The van der Waals surface area contributed by atoms with Gasteiger partial charge in [0.2, 0.25) is 0 Å². The molecule has 1 fully saturated rings. The van der Waals surface area contributed by atoms with Crippen LogP contribution in [0.3, 0.4) is 0 Å². The van der Waals surface area contributed by atoms with Crippen LogP contribution in [-0.4, -0.2) is 12.6 Å². The summed E-state index contributed by atoms with van der Waals surface area (Å²) in [5.74, 6) is 0.520. The number of halogens is 1. The van der Waals surface area contributed by atoms with Crippen LogP contribution >= 0.6 is 11.6 Å². The average molecular weight is 300 g/mol. The summed E-state index contributed by atoms with van der Waals surface area (Å²) in [6, 6.07) is 17.9. The van der Waals surface area contributed by atoms with E-state index in [4.69, 9.17) is 11.6 Å². The van der Waals surface area contributed by atoms with Crippen LogP contribution in [0.2, 0.25) is 5.02 Å². The zero-order valence-corrected chi connectivity index (χ0v) is 13.2. The number of hydrogen-bond donors (Lipinski definition) is 1. The van der Waals surface area contributed by atoms with E-state index >= 15 is 0 Å². The van der Waals surface area contributed by atoms with Crippen molar-refractivity contribution in [3.05, 3.63) is 70.2 Å². The van der Waals surface area contributed by atoms with E-state index in [0.29, 0.717) is 5.92 Å². The molecule has 110 valence electrons. The van der Waals surface area contributed by atoms with Crippen LogP contribution in [0.5, 0.6) is 0 Å². The Hall–Kier alpha value is -1.31. The Morgan fingerprint density at radius 3 is 2.57 bits per heavy atom. The molecule has 0 radical (unpaired) electrons. The van der Waals surface area contributed by atoms with E-state index in [-0.39, 0.29) is 0 Å². The first-order valence-corrected chi connectivity index (χ1v) is 8.13. The minimum atomic E-state index is 0.520. The fourth-order valence-corrected chi connectivity index (χ4v) is 2.86. The number of benzene rings is 2.